The number of hydrogen-bond donors (Lipinski definition) is 2. The number of nitrogens with one attached hydrogen (secondary N) is 2. The van der Waals surface area contributed by atoms with Crippen LogP contribution in [0.4, 0.5) is 17.5 Å². The summed E-state index contributed by atoms with van der Waals surface area (Å²) in [5, 5.41) is 6.40. The second-order valence-corrected chi connectivity index (χ2v) is 4.74. The molecule has 2 aromatic rings. The van der Waals surface area contributed by atoms with Crippen LogP contribution in [-0.4, -0.2) is 29.7 Å². The third kappa shape index (κ3) is 2.99. The first-order chi connectivity index (χ1) is 10.3. The molecule has 6 heteroatoms. The fraction of sp³-hybridized carbons (Fsp3) is 0.333. The molecule has 21 heavy (non-hydrogen) atoms. The fourth-order valence-electron chi connectivity index (χ4n) is 2.07. The standard InChI is InChI=1S/C15H18N4O2/c1-3-16-15-17-9-10(2)14(19-15)18-11-4-5-12-13(8-11)21-7-6-20-12/h4-5,8-9H,3,6-7H2,1-2H3,(H2,16,17,18,19). The van der Waals surface area contributed by atoms with Gasteiger partial charge in [-0.05, 0) is 26.0 Å². The first-order valence-electron chi connectivity index (χ1n) is 7.00. The van der Waals surface area contributed by atoms with Crippen LogP contribution in [0.5, 0.6) is 11.5 Å². The number of hydrogen-bond acceptors (Lipinski definition) is 6. The molecule has 6 nitrogen and oxygen atoms in total. The highest BCUT2D eigenvalue weighted by atomic mass is 16.6. The minimum absolute atomic E-state index is 0.577. The SMILES string of the molecule is CCNc1ncc(C)c(Nc2ccc3c(c2)OCCO3)n1. The largest absolute Gasteiger partial charge is 0.486 e. The number of aromatic nitrogens is 2. The van der Waals surface area contributed by atoms with Crippen molar-refractivity contribution in [1.29, 1.82) is 0 Å². The van der Waals surface area contributed by atoms with Gasteiger partial charge in [0.1, 0.15) is 19.0 Å². The number of anilines is 3. The molecule has 0 saturated heterocycles. The van der Waals surface area contributed by atoms with Crippen LogP contribution in [0.25, 0.3) is 0 Å². The van der Waals surface area contributed by atoms with Gasteiger partial charge in [-0.15, -0.1) is 0 Å². The van der Waals surface area contributed by atoms with Crippen LogP contribution in [0.3, 0.4) is 0 Å². The lowest BCUT2D eigenvalue weighted by Gasteiger charge is -2.19. The van der Waals surface area contributed by atoms with Gasteiger partial charge in [-0.1, -0.05) is 0 Å². The molecule has 0 spiro atoms. The zero-order valence-electron chi connectivity index (χ0n) is 12.1. The molecule has 1 aromatic heterocycles. The van der Waals surface area contributed by atoms with E-state index >= 15 is 0 Å². The van der Waals surface area contributed by atoms with Crippen LogP contribution in [0.2, 0.25) is 0 Å². The van der Waals surface area contributed by atoms with Crippen LogP contribution in [0, 0.1) is 6.92 Å². The van der Waals surface area contributed by atoms with E-state index in [0.29, 0.717) is 19.2 Å². The second kappa shape index (κ2) is 5.87. The smallest absolute Gasteiger partial charge is 0.224 e. The number of ether oxygens (including phenoxy) is 2. The topological polar surface area (TPSA) is 68.3 Å². The molecule has 0 radical (unpaired) electrons. The lowest BCUT2D eigenvalue weighted by Crippen LogP contribution is -2.15. The molecule has 110 valence electrons. The summed E-state index contributed by atoms with van der Waals surface area (Å²) in [5.74, 6) is 2.92. The summed E-state index contributed by atoms with van der Waals surface area (Å²) in [6, 6.07) is 5.77. The van der Waals surface area contributed by atoms with Crippen molar-refractivity contribution in [3.05, 3.63) is 30.0 Å². The maximum absolute atomic E-state index is 5.58. The minimum Gasteiger partial charge on any atom is -0.486 e. The van der Waals surface area contributed by atoms with Gasteiger partial charge in [-0.25, -0.2) is 4.98 Å². The molecular formula is C15H18N4O2. The van der Waals surface area contributed by atoms with Gasteiger partial charge in [-0.2, -0.15) is 4.98 Å². The molecule has 3 rings (SSSR count). The van der Waals surface area contributed by atoms with E-state index in [1.165, 1.54) is 0 Å². The molecular weight excluding hydrogens is 268 g/mol. The monoisotopic (exact) mass is 286 g/mol. The summed E-state index contributed by atoms with van der Waals surface area (Å²) in [5.41, 5.74) is 1.88. The third-order valence-electron chi connectivity index (χ3n) is 3.11. The molecule has 0 saturated carbocycles. The predicted molar refractivity (Wildman–Crippen MR) is 81.6 cm³/mol. The van der Waals surface area contributed by atoms with E-state index in [4.69, 9.17) is 9.47 Å². The Hall–Kier alpha value is -2.50. The maximum atomic E-state index is 5.58. The van der Waals surface area contributed by atoms with Gasteiger partial charge in [0.25, 0.3) is 0 Å². The van der Waals surface area contributed by atoms with Crippen molar-refractivity contribution in [2.24, 2.45) is 0 Å². The normalized spacial score (nSPS) is 12.9. The number of nitrogens with zero attached hydrogens (tertiary/aromatic N) is 2. The highest BCUT2D eigenvalue weighted by Crippen LogP contribution is 2.33. The van der Waals surface area contributed by atoms with E-state index in [-0.39, 0.29) is 0 Å². The van der Waals surface area contributed by atoms with Crippen LogP contribution >= 0.6 is 0 Å². The molecule has 0 atom stereocenters. The molecule has 0 unspecified atom stereocenters. The van der Waals surface area contributed by atoms with Crippen LogP contribution < -0.4 is 20.1 Å². The number of aryl methyl sites for hydroxylation is 1. The van der Waals surface area contributed by atoms with Gasteiger partial charge in [0, 0.05) is 30.1 Å². The quantitative estimate of drug-likeness (QED) is 0.900. The van der Waals surface area contributed by atoms with Crippen molar-refractivity contribution in [1.82, 2.24) is 9.97 Å². The highest BCUT2D eigenvalue weighted by Gasteiger charge is 2.12. The molecule has 1 aliphatic heterocycles. The van der Waals surface area contributed by atoms with Gasteiger partial charge < -0.3 is 20.1 Å². The third-order valence-corrected chi connectivity index (χ3v) is 3.11. The minimum atomic E-state index is 0.577. The Morgan fingerprint density at radius 2 is 2.00 bits per heavy atom. The Morgan fingerprint density at radius 1 is 1.19 bits per heavy atom. The maximum Gasteiger partial charge on any atom is 0.224 e. The van der Waals surface area contributed by atoms with Gasteiger partial charge in [0.15, 0.2) is 11.5 Å². The summed E-state index contributed by atoms with van der Waals surface area (Å²) in [6.45, 7) is 5.93. The van der Waals surface area contributed by atoms with Crippen molar-refractivity contribution in [2.75, 3.05) is 30.4 Å². The Labute approximate surface area is 123 Å². The van der Waals surface area contributed by atoms with Crippen LogP contribution in [0.15, 0.2) is 24.4 Å². The van der Waals surface area contributed by atoms with Gasteiger partial charge in [0.05, 0.1) is 0 Å². The van der Waals surface area contributed by atoms with Crippen molar-refractivity contribution in [3.8, 4) is 11.5 Å². The van der Waals surface area contributed by atoms with Gasteiger partial charge in [0.2, 0.25) is 5.95 Å². The number of fused-ring (bicyclic) bond motifs is 1. The summed E-state index contributed by atoms with van der Waals surface area (Å²) in [4.78, 5) is 8.70. The zero-order chi connectivity index (χ0) is 14.7. The van der Waals surface area contributed by atoms with E-state index in [9.17, 15) is 0 Å². The summed E-state index contributed by atoms with van der Waals surface area (Å²) >= 11 is 0. The molecule has 0 aliphatic carbocycles. The Balaban J connectivity index is 1.84. The van der Waals surface area contributed by atoms with Crippen molar-refractivity contribution >= 4 is 17.5 Å². The molecule has 0 amide bonds. The average molecular weight is 286 g/mol. The fourth-order valence-corrected chi connectivity index (χ4v) is 2.07. The molecule has 2 heterocycles. The van der Waals surface area contributed by atoms with Crippen molar-refractivity contribution < 1.29 is 9.47 Å². The average Bonchev–Trinajstić information content (AvgIpc) is 2.51. The van der Waals surface area contributed by atoms with Crippen LogP contribution in [-0.2, 0) is 0 Å². The summed E-state index contributed by atoms with van der Waals surface area (Å²) < 4.78 is 11.1. The van der Waals surface area contributed by atoms with Gasteiger partial charge in [-0.3, -0.25) is 0 Å². The first kappa shape index (κ1) is 13.5. The van der Waals surface area contributed by atoms with Gasteiger partial charge >= 0.3 is 0 Å². The molecule has 0 bridgehead atoms. The Morgan fingerprint density at radius 3 is 2.81 bits per heavy atom. The highest BCUT2D eigenvalue weighted by molar-refractivity contribution is 5.64. The summed E-state index contributed by atoms with van der Waals surface area (Å²) in [7, 11) is 0. The summed E-state index contributed by atoms with van der Waals surface area (Å²) in [6.07, 6.45) is 1.80. The van der Waals surface area contributed by atoms with Crippen molar-refractivity contribution in [3.63, 3.8) is 0 Å². The second-order valence-electron chi connectivity index (χ2n) is 4.74. The first-order valence-corrected chi connectivity index (χ1v) is 7.00. The number of benzene rings is 1. The lowest BCUT2D eigenvalue weighted by molar-refractivity contribution is 0.171. The number of rotatable bonds is 4. The van der Waals surface area contributed by atoms with E-state index < -0.39 is 0 Å². The molecule has 0 fully saturated rings. The van der Waals surface area contributed by atoms with E-state index in [2.05, 4.69) is 20.6 Å². The molecule has 1 aromatic carbocycles. The molecule has 1 aliphatic rings. The molecule has 2 N–H and O–H groups in total. The predicted octanol–water partition coefficient (Wildman–Crippen LogP) is 2.73. The van der Waals surface area contributed by atoms with Crippen molar-refractivity contribution in [2.45, 2.75) is 13.8 Å². The van der Waals surface area contributed by atoms with E-state index in [0.717, 1.165) is 35.1 Å². The Bertz CT molecular complexity index is 646. The Kier molecular flexibility index (Phi) is 3.77. The zero-order valence-corrected chi connectivity index (χ0v) is 12.1. The van der Waals surface area contributed by atoms with E-state index in [1.807, 2.05) is 32.0 Å². The van der Waals surface area contributed by atoms with Crippen LogP contribution in [0.1, 0.15) is 12.5 Å². The van der Waals surface area contributed by atoms with E-state index in [1.54, 1.807) is 6.20 Å². The lowest BCUT2D eigenvalue weighted by atomic mass is 10.2.